The summed E-state index contributed by atoms with van der Waals surface area (Å²) in [6.07, 6.45) is 0.810. The molecule has 0 radical (unpaired) electrons. The van der Waals surface area contributed by atoms with E-state index in [1.165, 1.54) is 6.07 Å². The third kappa shape index (κ3) is 3.87. The molecule has 1 N–H and O–H groups in total. The lowest BCUT2D eigenvalue weighted by Crippen LogP contribution is -2.48. The van der Waals surface area contributed by atoms with Crippen LogP contribution in [0, 0.1) is 17.1 Å². The monoisotopic (exact) mass is 383 g/mol. The third-order valence-corrected chi connectivity index (χ3v) is 6.62. The zero-order chi connectivity index (χ0) is 18.8. The Hall–Kier alpha value is -1.91. The number of nitrogens with zero attached hydrogens (tertiary/aromatic N) is 3. The van der Waals surface area contributed by atoms with Crippen LogP contribution in [-0.4, -0.2) is 54.2 Å². The van der Waals surface area contributed by atoms with Crippen molar-refractivity contribution in [1.29, 1.82) is 5.26 Å². The van der Waals surface area contributed by atoms with Gasteiger partial charge in [-0.15, -0.1) is 0 Å². The predicted molar refractivity (Wildman–Crippen MR) is 103 cm³/mol. The van der Waals surface area contributed by atoms with Gasteiger partial charge in [0.15, 0.2) is 0 Å². The normalized spacial score (nSPS) is 20.4. The molecule has 2 heterocycles. The van der Waals surface area contributed by atoms with Crippen LogP contribution in [0.25, 0.3) is 0 Å². The molecule has 6 heteroatoms. The van der Waals surface area contributed by atoms with Crippen LogP contribution in [0.15, 0.2) is 46.2 Å². The molecular formula is C21H22FN3OS. The number of hydrogen-bond donors (Lipinski definition) is 1. The lowest BCUT2D eigenvalue weighted by atomic mass is 9.95. The molecule has 1 saturated heterocycles. The van der Waals surface area contributed by atoms with E-state index in [0.29, 0.717) is 12.1 Å². The van der Waals surface area contributed by atoms with Gasteiger partial charge in [0.1, 0.15) is 5.82 Å². The summed E-state index contributed by atoms with van der Waals surface area (Å²) >= 11 is 1.59. The maximum absolute atomic E-state index is 13.8. The molecule has 2 aliphatic heterocycles. The summed E-state index contributed by atoms with van der Waals surface area (Å²) in [6, 6.07) is 13.3. The second kappa shape index (κ2) is 7.99. The van der Waals surface area contributed by atoms with Crippen LogP contribution in [0.3, 0.4) is 0 Å². The van der Waals surface area contributed by atoms with Crippen LogP contribution >= 0.6 is 11.8 Å². The van der Waals surface area contributed by atoms with E-state index in [1.54, 1.807) is 17.8 Å². The highest BCUT2D eigenvalue weighted by molar-refractivity contribution is 7.99. The molecule has 4 rings (SSSR count). The molecule has 1 fully saturated rings. The Balaban J connectivity index is 1.69. The average Bonchev–Trinajstić information content (AvgIpc) is 2.84. The van der Waals surface area contributed by atoms with Crippen LogP contribution in [0.1, 0.15) is 22.7 Å². The van der Waals surface area contributed by atoms with Gasteiger partial charge in [-0.2, -0.15) is 5.26 Å². The Bertz CT molecular complexity index is 874. The number of aliphatic hydroxyl groups is 1. The van der Waals surface area contributed by atoms with Crippen molar-refractivity contribution >= 4 is 11.8 Å². The van der Waals surface area contributed by atoms with Crippen molar-refractivity contribution < 1.29 is 9.50 Å². The van der Waals surface area contributed by atoms with E-state index in [1.807, 2.05) is 24.3 Å². The van der Waals surface area contributed by atoms with E-state index < -0.39 is 0 Å². The maximum atomic E-state index is 13.8. The minimum atomic E-state index is -0.215. The zero-order valence-electron chi connectivity index (χ0n) is 15.1. The van der Waals surface area contributed by atoms with Gasteiger partial charge in [-0.1, -0.05) is 17.8 Å². The molecule has 0 aromatic heterocycles. The van der Waals surface area contributed by atoms with Crippen LogP contribution in [0.5, 0.6) is 0 Å². The molecule has 0 amide bonds. The first-order valence-corrected chi connectivity index (χ1v) is 10.1. The number of fused-ring (bicyclic) bond motifs is 2. The quantitative estimate of drug-likeness (QED) is 0.883. The summed E-state index contributed by atoms with van der Waals surface area (Å²) in [5, 5.41) is 18.5. The molecule has 4 nitrogen and oxygen atoms in total. The Labute approximate surface area is 163 Å². The predicted octanol–water partition coefficient (Wildman–Crippen LogP) is 3.06. The molecule has 2 aromatic carbocycles. The molecule has 0 aliphatic carbocycles. The summed E-state index contributed by atoms with van der Waals surface area (Å²) in [4.78, 5) is 6.80. The number of nitriles is 1. The van der Waals surface area contributed by atoms with Gasteiger partial charge in [0, 0.05) is 48.6 Å². The van der Waals surface area contributed by atoms with Crippen molar-refractivity contribution in [2.24, 2.45) is 0 Å². The number of halogens is 1. The van der Waals surface area contributed by atoms with Gasteiger partial charge in [0.2, 0.25) is 0 Å². The van der Waals surface area contributed by atoms with Gasteiger partial charge in [0.25, 0.3) is 0 Å². The minimum Gasteiger partial charge on any atom is -0.395 e. The minimum absolute atomic E-state index is 0.170. The van der Waals surface area contributed by atoms with Gasteiger partial charge in [-0.05, 0) is 47.9 Å². The second-order valence-electron chi connectivity index (χ2n) is 7.04. The average molecular weight is 383 g/mol. The summed E-state index contributed by atoms with van der Waals surface area (Å²) < 4.78 is 13.8. The molecule has 1 atom stereocenters. The van der Waals surface area contributed by atoms with E-state index >= 15 is 0 Å². The molecule has 0 spiro atoms. The van der Waals surface area contributed by atoms with Gasteiger partial charge < -0.3 is 5.11 Å². The Morgan fingerprint density at radius 1 is 1.11 bits per heavy atom. The Morgan fingerprint density at radius 3 is 2.67 bits per heavy atom. The molecule has 0 saturated carbocycles. The first-order valence-electron chi connectivity index (χ1n) is 9.25. The maximum Gasteiger partial charge on any atom is 0.124 e. The number of aliphatic hydroxyl groups excluding tert-OH is 1. The van der Waals surface area contributed by atoms with E-state index in [9.17, 15) is 14.8 Å². The second-order valence-corrected chi connectivity index (χ2v) is 8.12. The van der Waals surface area contributed by atoms with Crippen LogP contribution in [0.2, 0.25) is 0 Å². The molecule has 2 aromatic rings. The largest absolute Gasteiger partial charge is 0.395 e. The van der Waals surface area contributed by atoms with E-state index in [-0.39, 0.29) is 18.5 Å². The summed E-state index contributed by atoms with van der Waals surface area (Å²) in [5.41, 5.74) is 2.97. The van der Waals surface area contributed by atoms with Crippen LogP contribution in [-0.2, 0) is 6.42 Å². The van der Waals surface area contributed by atoms with Crippen molar-refractivity contribution in [3.8, 4) is 6.07 Å². The highest BCUT2D eigenvalue weighted by Gasteiger charge is 2.30. The standard InChI is InChI=1S/C21H22FN3OS/c22-17-3-2-16-12-19(25-7-5-24(6-8-25)9-10-26)18-11-15(14-23)1-4-20(18)27-21(16)13-17/h1-4,11,13,19,26H,5-10,12H2. The highest BCUT2D eigenvalue weighted by atomic mass is 32.2. The fraction of sp³-hybridized carbons (Fsp3) is 0.381. The first-order chi connectivity index (χ1) is 13.2. The van der Waals surface area contributed by atoms with Crippen molar-refractivity contribution in [1.82, 2.24) is 9.80 Å². The number of piperazine rings is 1. The van der Waals surface area contributed by atoms with Gasteiger partial charge in [-0.3, -0.25) is 9.80 Å². The highest BCUT2D eigenvalue weighted by Crippen LogP contribution is 2.43. The Morgan fingerprint density at radius 2 is 1.93 bits per heavy atom. The molecule has 140 valence electrons. The topological polar surface area (TPSA) is 50.5 Å². The molecular weight excluding hydrogens is 361 g/mol. The summed E-state index contributed by atoms with van der Waals surface area (Å²) in [5.74, 6) is -0.215. The van der Waals surface area contributed by atoms with E-state index in [4.69, 9.17) is 0 Å². The molecule has 2 aliphatic rings. The number of β-amino-alcohol motifs (C(OH)–C–C–N with tert-alkyl or cyclic N) is 1. The zero-order valence-corrected chi connectivity index (χ0v) is 15.9. The fourth-order valence-electron chi connectivity index (χ4n) is 3.97. The van der Waals surface area contributed by atoms with Gasteiger partial charge in [0.05, 0.1) is 18.2 Å². The SMILES string of the molecule is N#Cc1ccc2c(c1)C(N1CCN(CCO)CC1)Cc1ccc(F)cc1S2. The van der Waals surface area contributed by atoms with E-state index in [2.05, 4.69) is 15.9 Å². The van der Waals surface area contributed by atoms with Crippen LogP contribution in [0.4, 0.5) is 4.39 Å². The Kier molecular flexibility index (Phi) is 5.46. The summed E-state index contributed by atoms with van der Waals surface area (Å²) in [7, 11) is 0. The molecule has 1 unspecified atom stereocenters. The third-order valence-electron chi connectivity index (χ3n) is 5.42. The first kappa shape index (κ1) is 18.5. The number of hydrogen-bond acceptors (Lipinski definition) is 5. The van der Waals surface area contributed by atoms with Crippen molar-refractivity contribution in [2.45, 2.75) is 22.3 Å². The number of rotatable bonds is 3. The van der Waals surface area contributed by atoms with Gasteiger partial charge >= 0.3 is 0 Å². The lowest BCUT2D eigenvalue weighted by molar-refractivity contribution is 0.0823. The molecule has 0 bridgehead atoms. The van der Waals surface area contributed by atoms with Gasteiger partial charge in [-0.25, -0.2) is 4.39 Å². The van der Waals surface area contributed by atoms with Crippen molar-refractivity contribution in [3.05, 3.63) is 58.9 Å². The van der Waals surface area contributed by atoms with Crippen LogP contribution < -0.4 is 0 Å². The van der Waals surface area contributed by atoms with Crippen molar-refractivity contribution in [2.75, 3.05) is 39.3 Å². The van der Waals surface area contributed by atoms with Crippen molar-refractivity contribution in [3.63, 3.8) is 0 Å². The fourth-order valence-corrected chi connectivity index (χ4v) is 5.11. The van der Waals surface area contributed by atoms with E-state index in [0.717, 1.165) is 53.5 Å². The molecule has 27 heavy (non-hydrogen) atoms. The summed E-state index contributed by atoms with van der Waals surface area (Å²) in [6.45, 7) is 4.59. The lowest BCUT2D eigenvalue weighted by Gasteiger charge is -2.39. The number of benzene rings is 2. The smallest absolute Gasteiger partial charge is 0.124 e.